The van der Waals surface area contributed by atoms with Crippen LogP contribution in [0.25, 0.3) is 0 Å². The molecule has 1 heterocycles. The van der Waals surface area contributed by atoms with Gasteiger partial charge < -0.3 is 4.90 Å². The van der Waals surface area contributed by atoms with Gasteiger partial charge in [0.2, 0.25) is 10.0 Å². The topological polar surface area (TPSA) is 57.7 Å². The van der Waals surface area contributed by atoms with Gasteiger partial charge in [0, 0.05) is 31.7 Å². The number of aryl methyl sites for hydroxylation is 2. The Morgan fingerprint density at radius 1 is 0.966 bits per heavy atom. The number of sulfonamides is 1. The van der Waals surface area contributed by atoms with Crippen LogP contribution in [0.1, 0.15) is 27.0 Å². The first-order valence-corrected chi connectivity index (χ1v) is 10.5. The van der Waals surface area contributed by atoms with Gasteiger partial charge in [0.05, 0.1) is 10.5 Å². The Kier molecular flexibility index (Phi) is 5.73. The molecule has 2 aromatic carbocycles. The second kappa shape index (κ2) is 7.79. The Morgan fingerprint density at radius 2 is 1.59 bits per heavy atom. The number of benzene rings is 2. The summed E-state index contributed by atoms with van der Waals surface area (Å²) in [5.74, 6) is -0.209. The highest BCUT2D eigenvalue weighted by molar-refractivity contribution is 7.89. The zero-order valence-corrected chi connectivity index (χ0v) is 16.8. The highest BCUT2D eigenvalue weighted by atomic mass is 32.2. The van der Waals surface area contributed by atoms with Crippen molar-refractivity contribution in [3.05, 3.63) is 64.7 Å². The minimum atomic E-state index is -4.77. The summed E-state index contributed by atoms with van der Waals surface area (Å²) >= 11 is 0. The molecule has 1 aliphatic rings. The van der Waals surface area contributed by atoms with Crippen molar-refractivity contribution in [3.8, 4) is 0 Å². The van der Waals surface area contributed by atoms with Crippen LogP contribution in [0, 0.1) is 13.8 Å². The normalized spacial score (nSPS) is 16.1. The average Bonchev–Trinajstić information content (AvgIpc) is 2.69. The fourth-order valence-corrected chi connectivity index (χ4v) is 4.97. The molecule has 0 atom stereocenters. The van der Waals surface area contributed by atoms with Crippen LogP contribution in [0.2, 0.25) is 0 Å². The lowest BCUT2D eigenvalue weighted by molar-refractivity contribution is -0.139. The Bertz CT molecular complexity index is 1030. The minimum Gasteiger partial charge on any atom is -0.336 e. The van der Waals surface area contributed by atoms with Crippen molar-refractivity contribution < 1.29 is 26.4 Å². The molecule has 3 rings (SSSR count). The maximum Gasteiger partial charge on any atom is 0.417 e. The Hall–Kier alpha value is -2.39. The van der Waals surface area contributed by atoms with Gasteiger partial charge >= 0.3 is 6.18 Å². The number of hydrogen-bond donors (Lipinski definition) is 0. The molecule has 0 aromatic heterocycles. The van der Waals surface area contributed by atoms with E-state index < -0.39 is 26.7 Å². The number of halogens is 3. The van der Waals surface area contributed by atoms with Gasteiger partial charge in [-0.05, 0) is 37.6 Å². The molecule has 0 N–H and O–H groups in total. The highest BCUT2D eigenvalue weighted by Gasteiger charge is 2.39. The summed E-state index contributed by atoms with van der Waals surface area (Å²) in [4.78, 5) is 13.6. The van der Waals surface area contributed by atoms with Crippen LogP contribution in [0.5, 0.6) is 0 Å². The maximum atomic E-state index is 13.2. The van der Waals surface area contributed by atoms with E-state index in [4.69, 9.17) is 0 Å². The highest BCUT2D eigenvalue weighted by Crippen LogP contribution is 2.35. The summed E-state index contributed by atoms with van der Waals surface area (Å²) in [5, 5.41) is 0. The first kappa shape index (κ1) is 21.3. The largest absolute Gasteiger partial charge is 0.417 e. The molecule has 0 bridgehead atoms. The first-order chi connectivity index (χ1) is 13.5. The lowest BCUT2D eigenvalue weighted by Gasteiger charge is -2.34. The minimum absolute atomic E-state index is 0.0644. The van der Waals surface area contributed by atoms with Gasteiger partial charge in [-0.15, -0.1) is 0 Å². The van der Waals surface area contributed by atoms with E-state index in [1.165, 1.54) is 11.0 Å². The molecule has 0 radical (unpaired) electrons. The Morgan fingerprint density at radius 3 is 2.21 bits per heavy atom. The van der Waals surface area contributed by atoms with Crippen molar-refractivity contribution in [3.63, 3.8) is 0 Å². The van der Waals surface area contributed by atoms with Crippen LogP contribution >= 0.6 is 0 Å². The third-order valence-electron chi connectivity index (χ3n) is 4.96. The smallest absolute Gasteiger partial charge is 0.336 e. The van der Waals surface area contributed by atoms with Crippen LogP contribution < -0.4 is 0 Å². The van der Waals surface area contributed by atoms with E-state index in [0.29, 0.717) is 5.56 Å². The second-order valence-corrected chi connectivity index (χ2v) is 8.91. The van der Waals surface area contributed by atoms with E-state index in [2.05, 4.69) is 0 Å². The maximum absolute atomic E-state index is 13.2. The summed E-state index contributed by atoms with van der Waals surface area (Å²) in [6.07, 6.45) is -4.77. The Labute approximate surface area is 167 Å². The lowest BCUT2D eigenvalue weighted by atomic mass is 10.0. The van der Waals surface area contributed by atoms with Gasteiger partial charge in [-0.1, -0.05) is 29.8 Å². The van der Waals surface area contributed by atoms with E-state index in [1.54, 1.807) is 6.07 Å². The van der Waals surface area contributed by atoms with Crippen LogP contribution in [0.3, 0.4) is 0 Å². The summed E-state index contributed by atoms with van der Waals surface area (Å²) < 4.78 is 66.4. The molecule has 1 aliphatic heterocycles. The standard InChI is InChI=1S/C20H21F3N2O3S/c1-14-7-8-15(2)16(13-14)19(26)24-9-11-25(12-10-24)29(27,28)18-6-4-3-5-17(18)20(21,22)23/h3-8,13H,9-12H2,1-2H3. The number of piperazine rings is 1. The quantitative estimate of drug-likeness (QED) is 0.755. The number of carbonyl (C=O) groups excluding carboxylic acids is 1. The van der Waals surface area contributed by atoms with Crippen molar-refractivity contribution in [2.45, 2.75) is 24.9 Å². The summed E-state index contributed by atoms with van der Waals surface area (Å²) in [5.41, 5.74) is 1.11. The molecule has 1 saturated heterocycles. The second-order valence-electron chi connectivity index (χ2n) is 7.01. The number of carbonyl (C=O) groups is 1. The van der Waals surface area contributed by atoms with Gasteiger partial charge in [-0.3, -0.25) is 4.79 Å². The van der Waals surface area contributed by atoms with Gasteiger partial charge in [-0.2, -0.15) is 17.5 Å². The molecule has 0 saturated carbocycles. The van der Waals surface area contributed by atoms with Crippen LogP contribution in [0.15, 0.2) is 47.4 Å². The zero-order valence-electron chi connectivity index (χ0n) is 16.0. The van der Waals surface area contributed by atoms with Crippen molar-refractivity contribution in [2.24, 2.45) is 0 Å². The van der Waals surface area contributed by atoms with Crippen LogP contribution in [-0.4, -0.2) is 49.7 Å². The van der Waals surface area contributed by atoms with E-state index in [1.807, 2.05) is 26.0 Å². The molecular weight excluding hydrogens is 405 g/mol. The van der Waals surface area contributed by atoms with E-state index in [0.717, 1.165) is 33.6 Å². The van der Waals surface area contributed by atoms with Crippen LogP contribution in [-0.2, 0) is 16.2 Å². The molecule has 5 nitrogen and oxygen atoms in total. The molecule has 9 heteroatoms. The number of nitrogens with zero attached hydrogens (tertiary/aromatic N) is 2. The van der Waals surface area contributed by atoms with E-state index in [9.17, 15) is 26.4 Å². The van der Waals surface area contributed by atoms with Gasteiger partial charge in [0.1, 0.15) is 0 Å². The summed E-state index contributed by atoms with van der Waals surface area (Å²) in [7, 11) is -4.33. The molecule has 156 valence electrons. The molecule has 0 spiro atoms. The number of rotatable bonds is 3. The van der Waals surface area contributed by atoms with Crippen molar-refractivity contribution in [1.82, 2.24) is 9.21 Å². The number of alkyl halides is 3. The van der Waals surface area contributed by atoms with Gasteiger partial charge in [0.15, 0.2) is 0 Å². The summed E-state index contributed by atoms with van der Waals surface area (Å²) in [6.45, 7) is 3.79. The fraction of sp³-hybridized carbons (Fsp3) is 0.350. The molecule has 0 unspecified atom stereocenters. The average molecular weight is 426 g/mol. The van der Waals surface area contributed by atoms with Crippen molar-refractivity contribution in [2.75, 3.05) is 26.2 Å². The van der Waals surface area contributed by atoms with Gasteiger partial charge in [-0.25, -0.2) is 8.42 Å². The SMILES string of the molecule is Cc1ccc(C)c(C(=O)N2CCN(S(=O)(=O)c3ccccc3C(F)(F)F)CC2)c1. The third kappa shape index (κ3) is 4.30. The molecule has 2 aromatic rings. The van der Waals surface area contributed by atoms with Crippen molar-refractivity contribution >= 4 is 15.9 Å². The molecule has 29 heavy (non-hydrogen) atoms. The van der Waals surface area contributed by atoms with Crippen molar-refractivity contribution in [1.29, 1.82) is 0 Å². The lowest BCUT2D eigenvalue weighted by Crippen LogP contribution is -2.50. The van der Waals surface area contributed by atoms with Gasteiger partial charge in [0.25, 0.3) is 5.91 Å². The molecule has 1 amide bonds. The Balaban J connectivity index is 1.79. The zero-order chi connectivity index (χ0) is 21.4. The van der Waals surface area contributed by atoms with E-state index in [-0.39, 0.29) is 32.1 Å². The monoisotopic (exact) mass is 426 g/mol. The van der Waals surface area contributed by atoms with Crippen LogP contribution in [0.4, 0.5) is 13.2 Å². The molecule has 1 fully saturated rings. The fourth-order valence-electron chi connectivity index (χ4n) is 3.33. The number of amides is 1. The first-order valence-electron chi connectivity index (χ1n) is 9.05. The summed E-state index contributed by atoms with van der Waals surface area (Å²) in [6, 6.07) is 9.66. The third-order valence-corrected chi connectivity index (χ3v) is 6.92. The molecule has 0 aliphatic carbocycles. The predicted molar refractivity (Wildman–Crippen MR) is 102 cm³/mol. The predicted octanol–water partition coefficient (Wildman–Crippen LogP) is 3.47. The van der Waals surface area contributed by atoms with E-state index >= 15 is 0 Å². The number of hydrogen-bond acceptors (Lipinski definition) is 3. The molecular formula is C20H21F3N2O3S.